The van der Waals surface area contributed by atoms with Crippen molar-refractivity contribution >= 4 is 17.9 Å². The largest absolute Gasteiger partial charge is 0.464 e. The van der Waals surface area contributed by atoms with Crippen LogP contribution >= 0.6 is 0 Å². The quantitative estimate of drug-likeness (QED) is 0.189. The monoisotopic (exact) mass is 388 g/mol. The van der Waals surface area contributed by atoms with Crippen LogP contribution in [-0.4, -0.2) is 63.4 Å². The Morgan fingerprint density at radius 3 is 1.52 bits per heavy atom. The Labute approximate surface area is 162 Å². The first-order valence-corrected chi connectivity index (χ1v) is 9.83. The number of carbonyl (C=O) groups excluding carboxylic acids is 3. The minimum atomic E-state index is -2.01. The molecule has 0 aliphatic carbocycles. The van der Waals surface area contributed by atoms with Gasteiger partial charge < -0.3 is 19.5 Å². The number of likely N-dealkylation sites (N-methyl/N-ethyl adjacent to an activating group) is 2. The highest BCUT2D eigenvalue weighted by atomic mass is 16.6. The molecule has 2 N–H and O–H groups in total. The lowest BCUT2D eigenvalue weighted by Gasteiger charge is -2.34. The summed E-state index contributed by atoms with van der Waals surface area (Å²) in [4.78, 5) is 38.3. The standard InChI is InChI=1S/C19H36N2O6/c1-6-9-12-25-16(22)15(20-4)19(21-5,17(23)26-13-10-7-2)18(24)27-14-11-8-3/h15,20-21H,6-14H2,1-5H3. The Morgan fingerprint density at radius 2 is 1.19 bits per heavy atom. The fourth-order valence-electron chi connectivity index (χ4n) is 2.43. The Bertz CT molecular complexity index is 433. The molecule has 8 heteroatoms. The van der Waals surface area contributed by atoms with Crippen LogP contribution in [0, 0.1) is 0 Å². The summed E-state index contributed by atoms with van der Waals surface area (Å²) in [6.45, 7) is 6.41. The van der Waals surface area contributed by atoms with Gasteiger partial charge in [-0.2, -0.15) is 0 Å². The van der Waals surface area contributed by atoms with Gasteiger partial charge >= 0.3 is 17.9 Å². The summed E-state index contributed by atoms with van der Waals surface area (Å²) in [6, 6.07) is -1.28. The Morgan fingerprint density at radius 1 is 0.778 bits per heavy atom. The molecule has 1 unspecified atom stereocenters. The number of ether oxygens (including phenoxy) is 3. The lowest BCUT2D eigenvalue weighted by Crippen LogP contribution is -2.71. The van der Waals surface area contributed by atoms with Crippen molar-refractivity contribution in [2.45, 2.75) is 70.9 Å². The van der Waals surface area contributed by atoms with Crippen molar-refractivity contribution in [1.29, 1.82) is 0 Å². The third-order valence-electron chi connectivity index (χ3n) is 4.20. The molecular weight excluding hydrogens is 352 g/mol. The average molecular weight is 389 g/mol. The van der Waals surface area contributed by atoms with E-state index in [4.69, 9.17) is 14.2 Å². The molecule has 8 nitrogen and oxygen atoms in total. The average Bonchev–Trinajstić information content (AvgIpc) is 2.66. The lowest BCUT2D eigenvalue weighted by molar-refractivity contribution is -0.174. The molecule has 0 rings (SSSR count). The molecule has 0 aliphatic rings. The van der Waals surface area contributed by atoms with Gasteiger partial charge in [0.1, 0.15) is 6.04 Å². The normalized spacial score (nSPS) is 12.3. The van der Waals surface area contributed by atoms with Crippen molar-refractivity contribution in [3.8, 4) is 0 Å². The molecule has 0 radical (unpaired) electrons. The zero-order valence-electron chi connectivity index (χ0n) is 17.4. The maximum Gasteiger partial charge on any atom is 0.340 e. The Kier molecular flexibility index (Phi) is 13.5. The fourth-order valence-corrected chi connectivity index (χ4v) is 2.43. The van der Waals surface area contributed by atoms with Gasteiger partial charge in [-0.25, -0.2) is 9.59 Å². The molecule has 158 valence electrons. The molecular formula is C19H36N2O6. The van der Waals surface area contributed by atoms with E-state index in [0.29, 0.717) is 19.3 Å². The zero-order chi connectivity index (χ0) is 20.7. The van der Waals surface area contributed by atoms with E-state index in [9.17, 15) is 14.4 Å². The van der Waals surface area contributed by atoms with Gasteiger partial charge in [-0.3, -0.25) is 10.1 Å². The Balaban J connectivity index is 5.62. The van der Waals surface area contributed by atoms with Crippen LogP contribution in [-0.2, 0) is 28.6 Å². The SMILES string of the molecule is CCCCOC(=O)C(NC)C(NC)(C(=O)OCCCC)C(=O)OCCCC. The first kappa shape index (κ1) is 25.3. The molecule has 0 bridgehead atoms. The minimum Gasteiger partial charge on any atom is -0.464 e. The smallest absolute Gasteiger partial charge is 0.340 e. The third kappa shape index (κ3) is 7.46. The second-order valence-electron chi connectivity index (χ2n) is 6.28. The van der Waals surface area contributed by atoms with Crippen LogP contribution in [0.1, 0.15) is 59.3 Å². The highest BCUT2D eigenvalue weighted by molar-refractivity contribution is 6.10. The molecule has 27 heavy (non-hydrogen) atoms. The molecule has 0 spiro atoms. The van der Waals surface area contributed by atoms with Crippen molar-refractivity contribution in [2.24, 2.45) is 0 Å². The summed E-state index contributed by atoms with van der Waals surface area (Å²) in [7, 11) is 2.91. The van der Waals surface area contributed by atoms with E-state index in [2.05, 4.69) is 10.6 Å². The maximum atomic E-state index is 12.8. The molecule has 0 aliphatic heterocycles. The van der Waals surface area contributed by atoms with E-state index in [1.165, 1.54) is 14.1 Å². The highest BCUT2D eigenvalue weighted by Crippen LogP contribution is 2.18. The van der Waals surface area contributed by atoms with Crippen molar-refractivity contribution in [3.05, 3.63) is 0 Å². The molecule has 0 saturated carbocycles. The van der Waals surface area contributed by atoms with Crippen LogP contribution in [0.15, 0.2) is 0 Å². The summed E-state index contributed by atoms with van der Waals surface area (Å²) in [6.07, 6.45) is 4.51. The number of nitrogens with one attached hydrogen (secondary N) is 2. The van der Waals surface area contributed by atoms with E-state index >= 15 is 0 Å². The number of carbonyl (C=O) groups is 3. The van der Waals surface area contributed by atoms with E-state index in [0.717, 1.165) is 19.3 Å². The predicted octanol–water partition coefficient (Wildman–Crippen LogP) is 1.56. The molecule has 1 atom stereocenters. The minimum absolute atomic E-state index is 0.155. The summed E-state index contributed by atoms with van der Waals surface area (Å²) >= 11 is 0. The summed E-state index contributed by atoms with van der Waals surface area (Å²) in [5.41, 5.74) is -2.01. The van der Waals surface area contributed by atoms with E-state index in [1.807, 2.05) is 20.8 Å². The molecule has 0 aromatic carbocycles. The van der Waals surface area contributed by atoms with Crippen LogP contribution in [0.5, 0.6) is 0 Å². The fraction of sp³-hybridized carbons (Fsp3) is 0.842. The van der Waals surface area contributed by atoms with Crippen LogP contribution in [0.2, 0.25) is 0 Å². The zero-order valence-corrected chi connectivity index (χ0v) is 17.4. The van der Waals surface area contributed by atoms with E-state index in [1.54, 1.807) is 0 Å². The summed E-state index contributed by atoms with van der Waals surface area (Å²) < 4.78 is 15.8. The lowest BCUT2D eigenvalue weighted by atomic mass is 9.89. The second-order valence-corrected chi connectivity index (χ2v) is 6.28. The summed E-state index contributed by atoms with van der Waals surface area (Å²) in [5, 5.41) is 5.40. The molecule has 0 aromatic rings. The highest BCUT2D eigenvalue weighted by Gasteiger charge is 2.57. The predicted molar refractivity (Wildman–Crippen MR) is 102 cm³/mol. The van der Waals surface area contributed by atoms with Gasteiger partial charge in [-0.05, 0) is 33.4 Å². The van der Waals surface area contributed by atoms with Crippen LogP contribution in [0.4, 0.5) is 0 Å². The third-order valence-corrected chi connectivity index (χ3v) is 4.20. The van der Waals surface area contributed by atoms with Crippen LogP contribution in [0.25, 0.3) is 0 Å². The van der Waals surface area contributed by atoms with Gasteiger partial charge in [0.2, 0.25) is 5.54 Å². The van der Waals surface area contributed by atoms with Crippen molar-refractivity contribution in [1.82, 2.24) is 10.6 Å². The van der Waals surface area contributed by atoms with Crippen molar-refractivity contribution in [3.63, 3.8) is 0 Å². The molecule has 0 aromatic heterocycles. The van der Waals surface area contributed by atoms with Crippen molar-refractivity contribution in [2.75, 3.05) is 33.9 Å². The van der Waals surface area contributed by atoms with Gasteiger partial charge in [0.05, 0.1) is 19.8 Å². The van der Waals surface area contributed by atoms with E-state index in [-0.39, 0.29) is 19.8 Å². The maximum absolute atomic E-state index is 12.8. The van der Waals surface area contributed by atoms with Gasteiger partial charge in [0.25, 0.3) is 0 Å². The van der Waals surface area contributed by atoms with Gasteiger partial charge in [-0.15, -0.1) is 0 Å². The number of rotatable bonds is 15. The number of hydrogen-bond acceptors (Lipinski definition) is 8. The number of hydrogen-bond donors (Lipinski definition) is 2. The first-order chi connectivity index (χ1) is 13.0. The second kappa shape index (κ2) is 14.4. The molecule has 0 heterocycles. The Hall–Kier alpha value is -1.67. The van der Waals surface area contributed by atoms with Gasteiger partial charge in [-0.1, -0.05) is 40.0 Å². The summed E-state index contributed by atoms with van der Waals surface area (Å²) in [5.74, 6) is -2.42. The van der Waals surface area contributed by atoms with Crippen LogP contribution < -0.4 is 10.6 Å². The van der Waals surface area contributed by atoms with Gasteiger partial charge in [0, 0.05) is 0 Å². The number of unbranched alkanes of at least 4 members (excludes halogenated alkanes) is 3. The molecule has 0 fully saturated rings. The first-order valence-electron chi connectivity index (χ1n) is 9.83. The van der Waals surface area contributed by atoms with Crippen LogP contribution in [0.3, 0.4) is 0 Å². The van der Waals surface area contributed by atoms with Crippen molar-refractivity contribution < 1.29 is 28.6 Å². The molecule has 0 amide bonds. The molecule has 0 saturated heterocycles. The number of esters is 3. The van der Waals surface area contributed by atoms with Gasteiger partial charge in [0.15, 0.2) is 0 Å². The van der Waals surface area contributed by atoms with E-state index < -0.39 is 29.5 Å². The topological polar surface area (TPSA) is 103 Å².